The molecule has 1 amide bonds. The number of carbonyl (C=O) groups is 1. The van der Waals surface area contributed by atoms with E-state index in [0.29, 0.717) is 18.0 Å². The van der Waals surface area contributed by atoms with Crippen LogP contribution in [0, 0.1) is 0 Å². The van der Waals surface area contributed by atoms with Gasteiger partial charge in [0.05, 0.1) is 11.4 Å². The highest BCUT2D eigenvalue weighted by molar-refractivity contribution is 5.98. The molecule has 0 radical (unpaired) electrons. The zero-order valence-electron chi connectivity index (χ0n) is 18.8. The van der Waals surface area contributed by atoms with Crippen LogP contribution >= 0.6 is 0 Å². The average Bonchev–Trinajstić information content (AvgIpc) is 3.29. The third kappa shape index (κ3) is 4.20. The maximum atomic E-state index is 12.2. The third-order valence-electron chi connectivity index (χ3n) is 6.20. The van der Waals surface area contributed by atoms with Gasteiger partial charge in [-0.25, -0.2) is 14.6 Å². The van der Waals surface area contributed by atoms with Crippen LogP contribution in [-0.2, 0) is 4.79 Å². The first-order valence-corrected chi connectivity index (χ1v) is 11.4. The lowest BCUT2D eigenvalue weighted by atomic mass is 10.1. The van der Waals surface area contributed by atoms with E-state index in [-0.39, 0.29) is 11.9 Å². The molecule has 1 aliphatic heterocycles. The predicted octanol–water partition coefficient (Wildman–Crippen LogP) is 4.60. The fraction of sp³-hybridized carbons (Fsp3) is 0.185. The van der Waals surface area contributed by atoms with Gasteiger partial charge in [0.25, 0.3) is 0 Å². The van der Waals surface area contributed by atoms with Crippen molar-refractivity contribution in [3.05, 3.63) is 84.7 Å². The summed E-state index contributed by atoms with van der Waals surface area (Å²) >= 11 is 0. The molecule has 0 unspecified atom stereocenters. The SMILES string of the molecule is C=CC(=O)N1CCC[C@@H](n2nc(-c3ccc(/C=C/c4ccccc4)cc3)c3c(N)ncnc32)C1. The lowest BCUT2D eigenvalue weighted by molar-refractivity contribution is -0.127. The zero-order chi connectivity index (χ0) is 23.5. The molecule has 3 heterocycles. The number of hydrogen-bond acceptors (Lipinski definition) is 5. The summed E-state index contributed by atoms with van der Waals surface area (Å²) in [5.41, 5.74) is 10.9. The van der Waals surface area contributed by atoms with Crippen LogP contribution < -0.4 is 5.73 Å². The lowest BCUT2D eigenvalue weighted by Crippen LogP contribution is -2.40. The molecule has 34 heavy (non-hydrogen) atoms. The monoisotopic (exact) mass is 450 g/mol. The lowest BCUT2D eigenvalue weighted by Gasteiger charge is -2.32. The predicted molar refractivity (Wildman–Crippen MR) is 136 cm³/mol. The van der Waals surface area contributed by atoms with Crippen LogP contribution in [0.1, 0.15) is 30.0 Å². The topological polar surface area (TPSA) is 89.9 Å². The van der Waals surface area contributed by atoms with E-state index in [1.165, 1.54) is 12.4 Å². The van der Waals surface area contributed by atoms with E-state index in [4.69, 9.17) is 10.8 Å². The quantitative estimate of drug-likeness (QED) is 0.355. The summed E-state index contributed by atoms with van der Waals surface area (Å²) in [5.74, 6) is 0.337. The Morgan fingerprint density at radius 1 is 1.03 bits per heavy atom. The molecule has 0 saturated carbocycles. The van der Waals surface area contributed by atoms with Crippen LogP contribution in [0.4, 0.5) is 5.82 Å². The molecule has 1 atom stereocenters. The second kappa shape index (κ2) is 9.31. The van der Waals surface area contributed by atoms with Gasteiger partial charge in [-0.05, 0) is 30.0 Å². The molecule has 0 spiro atoms. The standard InChI is InChI=1S/C27H26N6O/c1-2-23(34)32-16-6-9-22(17-32)33-27-24(26(28)29-18-30-27)25(31-33)21-14-12-20(13-15-21)11-10-19-7-4-3-5-8-19/h2-5,7-8,10-15,18,22H,1,6,9,16-17H2,(H2,28,29,30)/b11-10+/t22-/m1/s1. The summed E-state index contributed by atoms with van der Waals surface area (Å²) < 4.78 is 1.91. The molecular weight excluding hydrogens is 424 g/mol. The molecule has 0 bridgehead atoms. The van der Waals surface area contributed by atoms with Crippen LogP contribution in [0.2, 0.25) is 0 Å². The Balaban J connectivity index is 1.49. The van der Waals surface area contributed by atoms with E-state index in [9.17, 15) is 4.79 Å². The average molecular weight is 451 g/mol. The second-order valence-electron chi connectivity index (χ2n) is 8.40. The number of aromatic nitrogens is 4. The Bertz CT molecular complexity index is 1360. The fourth-order valence-electron chi connectivity index (χ4n) is 4.44. The number of carbonyl (C=O) groups excluding carboxylic acids is 1. The number of amides is 1. The number of fused-ring (bicyclic) bond motifs is 1. The summed E-state index contributed by atoms with van der Waals surface area (Å²) in [6, 6.07) is 18.4. The van der Waals surface area contributed by atoms with Crippen LogP contribution in [0.3, 0.4) is 0 Å². The van der Waals surface area contributed by atoms with E-state index in [1.807, 2.05) is 39.9 Å². The van der Waals surface area contributed by atoms with Gasteiger partial charge in [0.15, 0.2) is 5.65 Å². The molecule has 4 aromatic rings. The number of piperidine rings is 1. The van der Waals surface area contributed by atoms with Crippen molar-refractivity contribution in [2.24, 2.45) is 0 Å². The molecule has 7 nitrogen and oxygen atoms in total. The maximum Gasteiger partial charge on any atom is 0.246 e. The van der Waals surface area contributed by atoms with Crippen molar-refractivity contribution in [1.82, 2.24) is 24.6 Å². The van der Waals surface area contributed by atoms with Crippen molar-refractivity contribution in [1.29, 1.82) is 0 Å². The molecule has 2 aromatic carbocycles. The molecule has 170 valence electrons. The molecule has 5 rings (SSSR count). The van der Waals surface area contributed by atoms with Crippen molar-refractivity contribution in [2.45, 2.75) is 18.9 Å². The highest BCUT2D eigenvalue weighted by Gasteiger charge is 2.27. The second-order valence-corrected chi connectivity index (χ2v) is 8.40. The largest absolute Gasteiger partial charge is 0.383 e. The first kappa shape index (κ1) is 21.6. The molecule has 7 heteroatoms. The van der Waals surface area contributed by atoms with Gasteiger partial charge in [-0.15, -0.1) is 0 Å². The van der Waals surface area contributed by atoms with Crippen molar-refractivity contribution in [3.63, 3.8) is 0 Å². The summed E-state index contributed by atoms with van der Waals surface area (Å²) in [5, 5.41) is 5.68. The van der Waals surface area contributed by atoms with Crippen molar-refractivity contribution < 1.29 is 4.79 Å². The first-order chi connectivity index (χ1) is 16.6. The number of rotatable bonds is 5. The van der Waals surface area contributed by atoms with E-state index in [1.54, 1.807) is 0 Å². The van der Waals surface area contributed by atoms with E-state index >= 15 is 0 Å². The third-order valence-corrected chi connectivity index (χ3v) is 6.20. The van der Waals surface area contributed by atoms with E-state index in [2.05, 4.69) is 53.0 Å². The van der Waals surface area contributed by atoms with Crippen LogP contribution in [0.15, 0.2) is 73.6 Å². The van der Waals surface area contributed by atoms with Crippen molar-refractivity contribution in [3.8, 4) is 11.3 Å². The summed E-state index contributed by atoms with van der Waals surface area (Å²) in [7, 11) is 0. The van der Waals surface area contributed by atoms with E-state index in [0.717, 1.165) is 47.2 Å². The molecule has 1 aliphatic rings. The molecule has 1 fully saturated rings. The van der Waals surface area contributed by atoms with Gasteiger partial charge < -0.3 is 10.6 Å². The van der Waals surface area contributed by atoms with Gasteiger partial charge in [0.1, 0.15) is 17.8 Å². The number of likely N-dealkylation sites (tertiary alicyclic amines) is 1. The summed E-state index contributed by atoms with van der Waals surface area (Å²) in [6.45, 7) is 4.91. The van der Waals surface area contributed by atoms with E-state index < -0.39 is 0 Å². The maximum absolute atomic E-state index is 12.2. The summed E-state index contributed by atoms with van der Waals surface area (Å²) in [4.78, 5) is 22.7. The van der Waals surface area contributed by atoms with Gasteiger partial charge in [-0.1, -0.05) is 73.3 Å². The van der Waals surface area contributed by atoms with Gasteiger partial charge in [0.2, 0.25) is 5.91 Å². The minimum atomic E-state index is -0.0605. The Kier molecular flexibility index (Phi) is 5.91. The Hall–Kier alpha value is -4.26. The van der Waals surface area contributed by atoms with Crippen molar-refractivity contribution >= 4 is 34.9 Å². The Morgan fingerprint density at radius 3 is 2.50 bits per heavy atom. The van der Waals surface area contributed by atoms with Gasteiger partial charge in [-0.3, -0.25) is 4.79 Å². The van der Waals surface area contributed by atoms with Crippen LogP contribution in [0.25, 0.3) is 34.4 Å². The fourth-order valence-corrected chi connectivity index (χ4v) is 4.44. The minimum absolute atomic E-state index is 0.0104. The molecule has 2 N–H and O–H groups in total. The Morgan fingerprint density at radius 2 is 1.76 bits per heavy atom. The normalized spacial score (nSPS) is 16.2. The van der Waals surface area contributed by atoms with Crippen LogP contribution in [0.5, 0.6) is 0 Å². The highest BCUT2D eigenvalue weighted by Crippen LogP contribution is 2.34. The molecule has 1 saturated heterocycles. The molecule has 0 aliphatic carbocycles. The molecular formula is C27H26N6O. The molecule has 2 aromatic heterocycles. The highest BCUT2D eigenvalue weighted by atomic mass is 16.2. The number of hydrogen-bond donors (Lipinski definition) is 1. The number of anilines is 1. The summed E-state index contributed by atoms with van der Waals surface area (Å²) in [6.07, 6.45) is 8.80. The zero-order valence-corrected chi connectivity index (χ0v) is 18.8. The number of benzene rings is 2. The minimum Gasteiger partial charge on any atom is -0.383 e. The van der Waals surface area contributed by atoms with Gasteiger partial charge in [0, 0.05) is 18.7 Å². The smallest absolute Gasteiger partial charge is 0.246 e. The van der Waals surface area contributed by atoms with Crippen molar-refractivity contribution in [2.75, 3.05) is 18.8 Å². The van der Waals surface area contributed by atoms with Crippen LogP contribution in [-0.4, -0.2) is 43.6 Å². The Labute approximate surface area is 198 Å². The number of nitrogen functional groups attached to an aromatic ring is 1. The van der Waals surface area contributed by atoms with Gasteiger partial charge in [-0.2, -0.15) is 5.10 Å². The first-order valence-electron chi connectivity index (χ1n) is 11.4. The number of nitrogens with two attached hydrogens (primary N) is 1. The van der Waals surface area contributed by atoms with Gasteiger partial charge >= 0.3 is 0 Å². The number of nitrogens with zero attached hydrogens (tertiary/aromatic N) is 5.